The molecule has 0 saturated heterocycles. The minimum absolute atomic E-state index is 0.755. The Kier molecular flexibility index (Phi) is 11.4. The first-order chi connectivity index (χ1) is 6.91. The number of unbranched alkanes of at least 4 members (excludes halogenated alkanes) is 1. The average Bonchev–Trinajstić information content (AvgIpc) is 2.21. The van der Waals surface area contributed by atoms with Crippen LogP contribution in [0, 0.1) is 0 Å². The van der Waals surface area contributed by atoms with Crippen LogP contribution in [-0.4, -0.2) is 32.5 Å². The van der Waals surface area contributed by atoms with Crippen molar-refractivity contribution in [2.45, 2.75) is 19.3 Å². The van der Waals surface area contributed by atoms with Crippen LogP contribution in [-0.2, 0) is 4.79 Å². The van der Waals surface area contributed by atoms with Gasteiger partial charge >= 0.3 is 0 Å². The Labute approximate surface area is 85.9 Å². The molecule has 0 radical (unpaired) electrons. The number of hydrogen-bond acceptors (Lipinski definition) is 4. The SMILES string of the molecule is NCCCNCCCCN/C=C/C=O. The molecule has 0 amide bonds. The quantitative estimate of drug-likeness (QED) is 0.263. The second-order valence-corrected chi connectivity index (χ2v) is 3.05. The van der Waals surface area contributed by atoms with Gasteiger partial charge in [0.05, 0.1) is 0 Å². The van der Waals surface area contributed by atoms with Gasteiger partial charge in [-0.1, -0.05) is 0 Å². The molecule has 4 heteroatoms. The third-order valence-corrected chi connectivity index (χ3v) is 1.77. The van der Waals surface area contributed by atoms with E-state index in [1.54, 1.807) is 6.20 Å². The van der Waals surface area contributed by atoms with Crippen molar-refractivity contribution in [2.75, 3.05) is 26.2 Å². The fourth-order valence-corrected chi connectivity index (χ4v) is 1.02. The summed E-state index contributed by atoms with van der Waals surface area (Å²) in [5.41, 5.74) is 5.35. The molecule has 14 heavy (non-hydrogen) atoms. The molecule has 0 aliphatic heterocycles. The molecule has 0 unspecified atom stereocenters. The Morgan fingerprint density at radius 2 is 1.79 bits per heavy atom. The lowest BCUT2D eigenvalue weighted by molar-refractivity contribution is -0.104. The van der Waals surface area contributed by atoms with Gasteiger partial charge in [-0.25, -0.2) is 0 Å². The predicted molar refractivity (Wildman–Crippen MR) is 59.0 cm³/mol. The van der Waals surface area contributed by atoms with Crippen molar-refractivity contribution in [2.24, 2.45) is 5.73 Å². The number of aldehydes is 1. The molecular weight excluding hydrogens is 178 g/mol. The molecule has 0 aliphatic carbocycles. The number of nitrogens with two attached hydrogens (primary N) is 1. The first-order valence-corrected chi connectivity index (χ1v) is 5.16. The lowest BCUT2D eigenvalue weighted by atomic mass is 10.3. The maximum atomic E-state index is 9.89. The predicted octanol–water partition coefficient (Wildman–Crippen LogP) is 0.00720. The third kappa shape index (κ3) is 11.1. The van der Waals surface area contributed by atoms with Gasteiger partial charge in [-0.15, -0.1) is 0 Å². The van der Waals surface area contributed by atoms with E-state index in [1.165, 1.54) is 6.08 Å². The molecule has 0 aliphatic rings. The molecule has 0 heterocycles. The second-order valence-electron chi connectivity index (χ2n) is 3.05. The van der Waals surface area contributed by atoms with Gasteiger partial charge in [0.2, 0.25) is 0 Å². The summed E-state index contributed by atoms with van der Waals surface area (Å²) in [5, 5.41) is 6.34. The molecule has 82 valence electrons. The molecule has 4 nitrogen and oxygen atoms in total. The van der Waals surface area contributed by atoms with E-state index in [-0.39, 0.29) is 0 Å². The van der Waals surface area contributed by atoms with Gasteiger partial charge in [0, 0.05) is 6.54 Å². The van der Waals surface area contributed by atoms with Crippen LogP contribution < -0.4 is 16.4 Å². The van der Waals surface area contributed by atoms with Crippen molar-refractivity contribution in [1.82, 2.24) is 10.6 Å². The Morgan fingerprint density at radius 3 is 2.50 bits per heavy atom. The van der Waals surface area contributed by atoms with Gasteiger partial charge < -0.3 is 16.4 Å². The van der Waals surface area contributed by atoms with Gasteiger partial charge in [0.15, 0.2) is 0 Å². The average molecular weight is 199 g/mol. The summed E-state index contributed by atoms with van der Waals surface area (Å²) in [4.78, 5) is 9.89. The lowest BCUT2D eigenvalue weighted by Crippen LogP contribution is -2.20. The zero-order valence-electron chi connectivity index (χ0n) is 8.67. The van der Waals surface area contributed by atoms with Gasteiger partial charge in [0.1, 0.15) is 6.29 Å². The van der Waals surface area contributed by atoms with Crippen molar-refractivity contribution in [1.29, 1.82) is 0 Å². The molecule has 0 saturated carbocycles. The van der Waals surface area contributed by atoms with Crippen molar-refractivity contribution < 1.29 is 4.79 Å². The minimum Gasteiger partial charge on any atom is -0.391 e. The summed E-state index contributed by atoms with van der Waals surface area (Å²) in [6.07, 6.45) is 7.20. The summed E-state index contributed by atoms with van der Waals surface area (Å²) in [6.45, 7) is 3.72. The number of rotatable bonds is 10. The van der Waals surface area contributed by atoms with Gasteiger partial charge in [-0.3, -0.25) is 4.79 Å². The monoisotopic (exact) mass is 199 g/mol. The van der Waals surface area contributed by atoms with E-state index in [4.69, 9.17) is 5.73 Å². The Morgan fingerprint density at radius 1 is 1.07 bits per heavy atom. The minimum atomic E-state index is 0.755. The van der Waals surface area contributed by atoms with Crippen LogP contribution in [0.15, 0.2) is 12.3 Å². The Hall–Kier alpha value is -0.870. The third-order valence-electron chi connectivity index (χ3n) is 1.77. The van der Waals surface area contributed by atoms with E-state index in [0.717, 1.165) is 51.7 Å². The van der Waals surface area contributed by atoms with Crippen LogP contribution >= 0.6 is 0 Å². The number of carbonyl (C=O) groups excluding carboxylic acids is 1. The summed E-state index contributed by atoms with van der Waals surface area (Å²) < 4.78 is 0. The zero-order chi connectivity index (χ0) is 10.5. The van der Waals surface area contributed by atoms with Gasteiger partial charge in [-0.05, 0) is 51.2 Å². The van der Waals surface area contributed by atoms with E-state index in [1.807, 2.05) is 0 Å². The fourth-order valence-electron chi connectivity index (χ4n) is 1.02. The van der Waals surface area contributed by atoms with E-state index in [0.29, 0.717) is 0 Å². The number of allylic oxidation sites excluding steroid dienone is 1. The number of hydrogen-bond donors (Lipinski definition) is 3. The van der Waals surface area contributed by atoms with Crippen LogP contribution in [0.3, 0.4) is 0 Å². The van der Waals surface area contributed by atoms with Crippen molar-refractivity contribution in [3.8, 4) is 0 Å². The largest absolute Gasteiger partial charge is 0.391 e. The smallest absolute Gasteiger partial charge is 0.144 e. The van der Waals surface area contributed by atoms with E-state index >= 15 is 0 Å². The molecule has 0 atom stereocenters. The first kappa shape index (κ1) is 13.1. The molecule has 0 fully saturated rings. The van der Waals surface area contributed by atoms with Crippen LogP contribution in [0.2, 0.25) is 0 Å². The van der Waals surface area contributed by atoms with Crippen molar-refractivity contribution >= 4 is 6.29 Å². The Bertz CT molecular complexity index is 148. The number of nitrogens with one attached hydrogen (secondary N) is 2. The summed E-state index contributed by atoms with van der Waals surface area (Å²) in [5.74, 6) is 0. The van der Waals surface area contributed by atoms with E-state index in [2.05, 4.69) is 10.6 Å². The van der Waals surface area contributed by atoms with E-state index < -0.39 is 0 Å². The summed E-state index contributed by atoms with van der Waals surface area (Å²) in [7, 11) is 0. The molecule has 0 spiro atoms. The van der Waals surface area contributed by atoms with Crippen molar-refractivity contribution in [3.63, 3.8) is 0 Å². The standard InChI is InChI=1S/C10H21N3O/c11-5-3-8-12-6-1-2-7-13-9-4-10-14/h4,9-10,12-13H,1-3,5-8,11H2/b9-4+. The van der Waals surface area contributed by atoms with Gasteiger partial charge in [-0.2, -0.15) is 0 Å². The zero-order valence-corrected chi connectivity index (χ0v) is 8.67. The normalized spacial score (nSPS) is 10.6. The Balaban J connectivity index is 2.91. The highest BCUT2D eigenvalue weighted by Crippen LogP contribution is 1.84. The lowest BCUT2D eigenvalue weighted by Gasteiger charge is -2.03. The number of carbonyl (C=O) groups is 1. The maximum Gasteiger partial charge on any atom is 0.144 e. The molecule has 0 aromatic carbocycles. The highest BCUT2D eigenvalue weighted by molar-refractivity contribution is 5.64. The van der Waals surface area contributed by atoms with Gasteiger partial charge in [0.25, 0.3) is 0 Å². The topological polar surface area (TPSA) is 67.2 Å². The molecule has 4 N–H and O–H groups in total. The fraction of sp³-hybridized carbons (Fsp3) is 0.700. The molecule has 0 rings (SSSR count). The van der Waals surface area contributed by atoms with Crippen LogP contribution in [0.5, 0.6) is 0 Å². The van der Waals surface area contributed by atoms with E-state index in [9.17, 15) is 4.79 Å². The van der Waals surface area contributed by atoms with Crippen LogP contribution in [0.1, 0.15) is 19.3 Å². The highest BCUT2D eigenvalue weighted by atomic mass is 16.1. The maximum absolute atomic E-state index is 9.89. The molecule has 0 bridgehead atoms. The van der Waals surface area contributed by atoms with Crippen molar-refractivity contribution in [3.05, 3.63) is 12.3 Å². The second kappa shape index (κ2) is 12.1. The summed E-state index contributed by atoms with van der Waals surface area (Å²) >= 11 is 0. The molecular formula is C10H21N3O. The van der Waals surface area contributed by atoms with Crippen LogP contribution in [0.25, 0.3) is 0 Å². The van der Waals surface area contributed by atoms with Crippen LogP contribution in [0.4, 0.5) is 0 Å². The molecule has 0 aromatic heterocycles. The molecule has 0 aromatic rings. The summed E-state index contributed by atoms with van der Waals surface area (Å²) in [6, 6.07) is 0. The highest BCUT2D eigenvalue weighted by Gasteiger charge is 1.87. The first-order valence-electron chi connectivity index (χ1n) is 5.16.